The molecule has 13 heavy (non-hydrogen) atoms. The number of aromatic nitrogens is 1. The number of nitrogens with two attached hydrogens (primary N) is 1. The smallest absolute Gasteiger partial charge is 0.212 e. The second-order valence-corrected chi connectivity index (χ2v) is 2.12. The normalized spacial score (nSPS) is 10.3. The van der Waals surface area contributed by atoms with Crippen molar-refractivity contribution in [3.05, 3.63) is 24.3 Å². The van der Waals surface area contributed by atoms with Crippen molar-refractivity contribution in [2.24, 2.45) is 16.0 Å². The molecule has 68 valence electrons. The lowest BCUT2D eigenvalue weighted by Crippen LogP contribution is -2.28. The Morgan fingerprint density at radius 3 is 2.92 bits per heavy atom. The van der Waals surface area contributed by atoms with Gasteiger partial charge >= 0.3 is 0 Å². The average Bonchev–Trinajstić information content (AvgIpc) is 2.15. The summed E-state index contributed by atoms with van der Waals surface area (Å²) in [7, 11) is 0. The van der Waals surface area contributed by atoms with Crippen molar-refractivity contribution < 1.29 is 4.39 Å². The van der Waals surface area contributed by atoms with E-state index in [2.05, 4.69) is 21.9 Å². The first-order valence-electron chi connectivity index (χ1n) is 3.38. The van der Waals surface area contributed by atoms with E-state index in [4.69, 9.17) is 5.84 Å². The Bertz CT molecular complexity index is 307. The molecule has 0 aliphatic heterocycles. The summed E-state index contributed by atoms with van der Waals surface area (Å²) in [5.74, 6) is 4.91. The summed E-state index contributed by atoms with van der Waals surface area (Å²) in [6.45, 7) is 3.13. The van der Waals surface area contributed by atoms with E-state index in [-0.39, 0.29) is 0 Å². The van der Waals surface area contributed by atoms with E-state index in [1.807, 2.05) is 0 Å². The van der Waals surface area contributed by atoms with Crippen LogP contribution in [0.3, 0.4) is 0 Å². The third kappa shape index (κ3) is 2.60. The number of halogens is 1. The van der Waals surface area contributed by atoms with Crippen LogP contribution in [0.15, 0.2) is 28.5 Å². The first-order chi connectivity index (χ1) is 6.24. The van der Waals surface area contributed by atoms with Gasteiger partial charge in [-0.3, -0.25) is 5.01 Å². The number of rotatable bonds is 3. The monoisotopic (exact) mass is 181 g/mol. The van der Waals surface area contributed by atoms with Gasteiger partial charge in [-0.2, -0.15) is 9.49 Å². The molecule has 0 atom stereocenters. The van der Waals surface area contributed by atoms with Crippen molar-refractivity contribution in [1.82, 2.24) is 4.98 Å². The molecule has 1 rings (SSSR count). The van der Waals surface area contributed by atoms with Crippen molar-refractivity contribution in [3.8, 4) is 0 Å². The van der Waals surface area contributed by atoms with Gasteiger partial charge in [-0.1, -0.05) is 0 Å². The number of pyridine rings is 1. The molecule has 0 aromatic carbocycles. The Morgan fingerprint density at radius 1 is 1.62 bits per heavy atom. The second kappa shape index (κ2) is 4.27. The highest BCUT2D eigenvalue weighted by atomic mass is 19.1. The largest absolute Gasteiger partial charge is 0.265 e. The predicted molar refractivity (Wildman–Crippen MR) is 48.9 cm³/mol. The molecule has 0 aliphatic carbocycles. The molecule has 1 aromatic rings. The maximum absolute atomic E-state index is 12.4. The standard InChI is InChI=1S/C7H8FN5/c1-10-12-5-13(9)6-2-3-7(8)11-4-6/h2-5H,1,9H2/b12-5-. The van der Waals surface area contributed by atoms with Crippen molar-refractivity contribution in [2.75, 3.05) is 5.01 Å². The number of hydrogen-bond donors (Lipinski definition) is 1. The van der Waals surface area contributed by atoms with E-state index in [1.165, 1.54) is 24.7 Å². The van der Waals surface area contributed by atoms with E-state index < -0.39 is 5.95 Å². The Kier molecular flexibility index (Phi) is 3.04. The molecular weight excluding hydrogens is 173 g/mol. The fourth-order valence-corrected chi connectivity index (χ4v) is 0.680. The van der Waals surface area contributed by atoms with Crippen LogP contribution in [0.25, 0.3) is 0 Å². The van der Waals surface area contributed by atoms with Gasteiger partial charge < -0.3 is 0 Å². The van der Waals surface area contributed by atoms with Crippen molar-refractivity contribution in [1.29, 1.82) is 0 Å². The van der Waals surface area contributed by atoms with Crippen LogP contribution in [0.1, 0.15) is 0 Å². The highest BCUT2D eigenvalue weighted by Gasteiger charge is 1.98. The number of hydrazine groups is 1. The van der Waals surface area contributed by atoms with E-state index >= 15 is 0 Å². The average molecular weight is 181 g/mol. The topological polar surface area (TPSA) is 66.9 Å². The Hall–Kier alpha value is -1.82. The number of anilines is 1. The van der Waals surface area contributed by atoms with Gasteiger partial charge in [0.1, 0.15) is 6.34 Å². The van der Waals surface area contributed by atoms with Crippen molar-refractivity contribution in [2.45, 2.75) is 0 Å². The van der Waals surface area contributed by atoms with Gasteiger partial charge in [0.15, 0.2) is 0 Å². The van der Waals surface area contributed by atoms with Crippen LogP contribution in [-0.2, 0) is 0 Å². The molecule has 5 nitrogen and oxygen atoms in total. The van der Waals surface area contributed by atoms with Gasteiger partial charge in [-0.15, -0.1) is 5.10 Å². The van der Waals surface area contributed by atoms with Crippen LogP contribution in [0.5, 0.6) is 0 Å². The molecule has 6 heteroatoms. The minimum Gasteiger partial charge on any atom is -0.265 e. The van der Waals surface area contributed by atoms with Gasteiger partial charge in [-0.05, 0) is 12.1 Å². The molecule has 0 spiro atoms. The van der Waals surface area contributed by atoms with Gasteiger partial charge in [0, 0.05) is 6.72 Å². The molecule has 2 N–H and O–H groups in total. The Morgan fingerprint density at radius 2 is 2.38 bits per heavy atom. The van der Waals surface area contributed by atoms with Crippen molar-refractivity contribution in [3.63, 3.8) is 0 Å². The third-order valence-corrected chi connectivity index (χ3v) is 1.27. The molecule has 0 amide bonds. The van der Waals surface area contributed by atoms with Gasteiger partial charge in [0.2, 0.25) is 5.95 Å². The fourth-order valence-electron chi connectivity index (χ4n) is 0.680. The lowest BCUT2D eigenvalue weighted by Gasteiger charge is -2.10. The van der Waals surface area contributed by atoms with Crippen molar-refractivity contribution >= 4 is 18.7 Å². The fraction of sp³-hybridized carbons (Fsp3) is 0. The summed E-state index contributed by atoms with van der Waals surface area (Å²) in [5, 5.41) is 7.81. The second-order valence-electron chi connectivity index (χ2n) is 2.12. The molecule has 0 aliphatic rings. The summed E-state index contributed by atoms with van der Waals surface area (Å²) in [6, 6.07) is 2.67. The first kappa shape index (κ1) is 9.27. The van der Waals surface area contributed by atoms with Gasteiger partial charge in [-0.25, -0.2) is 10.8 Å². The highest BCUT2D eigenvalue weighted by Crippen LogP contribution is 2.06. The Balaban J connectivity index is 2.77. The van der Waals surface area contributed by atoms with Crippen LogP contribution in [-0.4, -0.2) is 18.0 Å². The summed E-state index contributed by atoms with van der Waals surface area (Å²) in [5.41, 5.74) is 0.508. The van der Waals surface area contributed by atoms with E-state index in [1.54, 1.807) is 0 Å². The molecule has 0 saturated heterocycles. The summed E-state index contributed by atoms with van der Waals surface area (Å²) in [4.78, 5) is 3.41. The molecule has 0 radical (unpaired) electrons. The van der Waals surface area contributed by atoms with E-state index in [9.17, 15) is 4.39 Å². The molecule has 1 heterocycles. The zero-order valence-electron chi connectivity index (χ0n) is 6.76. The van der Waals surface area contributed by atoms with E-state index in [0.29, 0.717) is 5.69 Å². The third-order valence-electron chi connectivity index (χ3n) is 1.27. The lowest BCUT2D eigenvalue weighted by molar-refractivity contribution is 0.584. The molecule has 0 saturated carbocycles. The minimum atomic E-state index is -0.559. The SMILES string of the molecule is C=N/N=C\N(N)c1ccc(F)nc1. The summed E-state index contributed by atoms with van der Waals surface area (Å²) < 4.78 is 12.4. The van der Waals surface area contributed by atoms with Crippen LogP contribution < -0.4 is 10.9 Å². The molecular formula is C7H8FN5. The van der Waals surface area contributed by atoms with Crippen LogP contribution >= 0.6 is 0 Å². The van der Waals surface area contributed by atoms with Crippen LogP contribution in [0.2, 0.25) is 0 Å². The van der Waals surface area contributed by atoms with Crippen LogP contribution in [0, 0.1) is 5.95 Å². The van der Waals surface area contributed by atoms with Crippen LogP contribution in [0.4, 0.5) is 10.1 Å². The maximum Gasteiger partial charge on any atom is 0.212 e. The summed E-state index contributed by atoms with van der Waals surface area (Å²) in [6.07, 6.45) is 2.52. The van der Waals surface area contributed by atoms with E-state index in [0.717, 1.165) is 5.01 Å². The zero-order chi connectivity index (χ0) is 9.68. The van der Waals surface area contributed by atoms with Gasteiger partial charge in [0.25, 0.3) is 0 Å². The van der Waals surface area contributed by atoms with Gasteiger partial charge in [0.05, 0.1) is 11.9 Å². The molecule has 0 unspecified atom stereocenters. The summed E-state index contributed by atoms with van der Waals surface area (Å²) >= 11 is 0. The minimum absolute atomic E-state index is 0.508. The predicted octanol–water partition coefficient (Wildman–Crippen LogP) is 0.545. The highest BCUT2D eigenvalue weighted by molar-refractivity contribution is 5.76. The zero-order valence-corrected chi connectivity index (χ0v) is 6.76. The quantitative estimate of drug-likeness (QED) is 0.243. The molecule has 0 bridgehead atoms. The molecule has 0 fully saturated rings. The maximum atomic E-state index is 12.4. The molecule has 1 aromatic heterocycles. The number of hydrogen-bond acceptors (Lipinski definition) is 4. The lowest BCUT2D eigenvalue weighted by atomic mass is 10.4. The Labute approximate surface area is 74.4 Å². The number of nitrogens with zero attached hydrogens (tertiary/aromatic N) is 4. The first-order valence-corrected chi connectivity index (χ1v) is 3.38.